The van der Waals surface area contributed by atoms with Crippen LogP contribution in [0, 0.1) is 5.92 Å². The molecule has 1 aromatic heterocycles. The van der Waals surface area contributed by atoms with Gasteiger partial charge in [0.2, 0.25) is 5.91 Å². The molecule has 1 atom stereocenters. The lowest BCUT2D eigenvalue weighted by Crippen LogP contribution is -2.48. The number of nitrogens with zero attached hydrogens (tertiary/aromatic N) is 3. The van der Waals surface area contributed by atoms with Gasteiger partial charge in [-0.3, -0.25) is 9.59 Å². The lowest BCUT2D eigenvalue weighted by atomic mass is 9.93. The van der Waals surface area contributed by atoms with Crippen LogP contribution in [0.3, 0.4) is 0 Å². The van der Waals surface area contributed by atoms with Gasteiger partial charge in [0.1, 0.15) is 5.82 Å². The molecular formula is C20H30N4O2. The predicted molar refractivity (Wildman–Crippen MR) is 102 cm³/mol. The first-order valence-corrected chi connectivity index (χ1v) is 9.78. The second kappa shape index (κ2) is 8.52. The zero-order valence-corrected chi connectivity index (χ0v) is 15.9. The molecule has 1 N–H and O–H groups in total. The molecule has 1 aliphatic heterocycles. The van der Waals surface area contributed by atoms with E-state index in [4.69, 9.17) is 0 Å². The molecule has 1 saturated carbocycles. The van der Waals surface area contributed by atoms with Crippen molar-refractivity contribution in [2.24, 2.45) is 5.92 Å². The Labute approximate surface area is 156 Å². The van der Waals surface area contributed by atoms with E-state index in [2.05, 4.69) is 10.3 Å². The van der Waals surface area contributed by atoms with Crippen molar-refractivity contribution in [1.82, 2.24) is 15.2 Å². The van der Waals surface area contributed by atoms with Crippen molar-refractivity contribution < 1.29 is 9.59 Å². The van der Waals surface area contributed by atoms with E-state index in [1.165, 1.54) is 19.3 Å². The number of hydrogen-bond acceptors (Lipinski definition) is 4. The third-order valence-electron chi connectivity index (χ3n) is 5.47. The molecule has 26 heavy (non-hydrogen) atoms. The van der Waals surface area contributed by atoms with Crippen LogP contribution >= 0.6 is 0 Å². The van der Waals surface area contributed by atoms with Crippen LogP contribution in [0.15, 0.2) is 18.3 Å². The normalized spacial score (nSPS) is 21.3. The minimum Gasteiger partial charge on any atom is -0.362 e. The number of piperidine rings is 1. The Kier molecular flexibility index (Phi) is 6.12. The Morgan fingerprint density at radius 3 is 2.65 bits per heavy atom. The Balaban J connectivity index is 1.64. The third kappa shape index (κ3) is 4.34. The maximum absolute atomic E-state index is 13.0. The van der Waals surface area contributed by atoms with Gasteiger partial charge >= 0.3 is 0 Å². The highest BCUT2D eigenvalue weighted by molar-refractivity contribution is 5.99. The number of hydrogen-bond donors (Lipinski definition) is 1. The van der Waals surface area contributed by atoms with E-state index in [9.17, 15) is 9.59 Å². The van der Waals surface area contributed by atoms with Crippen LogP contribution in [0.1, 0.15) is 55.3 Å². The van der Waals surface area contributed by atoms with Gasteiger partial charge in [0.15, 0.2) is 0 Å². The van der Waals surface area contributed by atoms with Crippen molar-refractivity contribution in [2.45, 2.75) is 51.0 Å². The summed E-state index contributed by atoms with van der Waals surface area (Å²) in [7, 11) is 3.77. The van der Waals surface area contributed by atoms with Gasteiger partial charge in [-0.25, -0.2) is 4.98 Å². The molecule has 1 saturated heterocycles. The van der Waals surface area contributed by atoms with Crippen molar-refractivity contribution in [3.05, 3.63) is 23.9 Å². The molecule has 1 aromatic rings. The van der Waals surface area contributed by atoms with Crippen LogP contribution in [0.5, 0.6) is 0 Å². The third-order valence-corrected chi connectivity index (χ3v) is 5.47. The topological polar surface area (TPSA) is 65.5 Å². The second-order valence-corrected chi connectivity index (χ2v) is 7.70. The summed E-state index contributed by atoms with van der Waals surface area (Å²) < 4.78 is 0. The first kappa shape index (κ1) is 18.7. The van der Waals surface area contributed by atoms with Crippen molar-refractivity contribution >= 4 is 17.6 Å². The standard InChI is InChI=1S/C20H30N4O2/c1-23(2)18-17(11-6-12-21-18)20(26)24-13-7-8-15(14-24)19(25)22-16-9-4-3-5-10-16/h6,11-12,15-16H,3-5,7-10,13-14H2,1-2H3,(H,22,25). The van der Waals surface area contributed by atoms with Crippen LogP contribution in [-0.2, 0) is 4.79 Å². The Hall–Kier alpha value is -2.11. The van der Waals surface area contributed by atoms with Crippen LogP contribution in [0.25, 0.3) is 0 Å². The van der Waals surface area contributed by atoms with Gasteiger partial charge in [0.05, 0.1) is 11.5 Å². The van der Waals surface area contributed by atoms with Crippen LogP contribution in [-0.4, -0.2) is 54.9 Å². The Morgan fingerprint density at radius 2 is 1.92 bits per heavy atom. The van der Waals surface area contributed by atoms with Crippen molar-refractivity contribution in [1.29, 1.82) is 0 Å². The van der Waals surface area contributed by atoms with Crippen LogP contribution in [0.2, 0.25) is 0 Å². The smallest absolute Gasteiger partial charge is 0.257 e. The number of likely N-dealkylation sites (tertiary alicyclic amines) is 1. The van der Waals surface area contributed by atoms with E-state index >= 15 is 0 Å². The SMILES string of the molecule is CN(C)c1ncccc1C(=O)N1CCCC(C(=O)NC2CCCCC2)C1. The van der Waals surface area contributed by atoms with E-state index in [0.29, 0.717) is 30.5 Å². The molecule has 0 bridgehead atoms. The lowest BCUT2D eigenvalue weighted by Gasteiger charge is -2.34. The number of anilines is 1. The average molecular weight is 358 g/mol. The quantitative estimate of drug-likeness (QED) is 0.898. The molecule has 6 nitrogen and oxygen atoms in total. The number of carbonyl (C=O) groups is 2. The lowest BCUT2D eigenvalue weighted by molar-refractivity contribution is -0.127. The first-order valence-electron chi connectivity index (χ1n) is 9.78. The Morgan fingerprint density at radius 1 is 1.15 bits per heavy atom. The molecule has 142 valence electrons. The minimum atomic E-state index is -0.103. The second-order valence-electron chi connectivity index (χ2n) is 7.70. The monoisotopic (exact) mass is 358 g/mol. The molecule has 2 fully saturated rings. The number of nitrogens with one attached hydrogen (secondary N) is 1. The van der Waals surface area contributed by atoms with E-state index < -0.39 is 0 Å². The van der Waals surface area contributed by atoms with Crippen molar-refractivity contribution in [3.8, 4) is 0 Å². The number of rotatable bonds is 4. The molecule has 6 heteroatoms. The molecule has 0 aromatic carbocycles. The summed E-state index contributed by atoms with van der Waals surface area (Å²) in [6, 6.07) is 3.93. The maximum Gasteiger partial charge on any atom is 0.257 e. The van der Waals surface area contributed by atoms with Crippen LogP contribution < -0.4 is 10.2 Å². The number of carbonyl (C=O) groups excluding carboxylic acids is 2. The molecular weight excluding hydrogens is 328 g/mol. The predicted octanol–water partition coefficient (Wildman–Crippen LogP) is 2.45. The zero-order chi connectivity index (χ0) is 18.5. The molecule has 1 unspecified atom stereocenters. The van der Waals surface area contributed by atoms with Gasteiger partial charge in [0, 0.05) is 39.4 Å². The zero-order valence-electron chi connectivity index (χ0n) is 15.9. The number of aromatic nitrogens is 1. The van der Waals surface area contributed by atoms with Crippen molar-refractivity contribution in [3.63, 3.8) is 0 Å². The summed E-state index contributed by atoms with van der Waals surface area (Å²) in [4.78, 5) is 33.7. The maximum atomic E-state index is 13.0. The molecule has 2 heterocycles. The summed E-state index contributed by atoms with van der Waals surface area (Å²) in [6.07, 6.45) is 9.27. The Bertz CT molecular complexity index is 640. The first-order chi connectivity index (χ1) is 12.6. The van der Waals surface area contributed by atoms with Gasteiger partial charge in [-0.05, 0) is 37.8 Å². The fourth-order valence-electron chi connectivity index (χ4n) is 4.03. The van der Waals surface area contributed by atoms with Crippen molar-refractivity contribution in [2.75, 3.05) is 32.1 Å². The summed E-state index contributed by atoms with van der Waals surface area (Å²) in [5.41, 5.74) is 0.603. The molecule has 1 aliphatic carbocycles. The molecule has 3 rings (SSSR count). The van der Waals surface area contributed by atoms with Gasteiger partial charge in [-0.2, -0.15) is 0 Å². The number of pyridine rings is 1. The average Bonchev–Trinajstić information content (AvgIpc) is 2.68. The highest BCUT2D eigenvalue weighted by atomic mass is 16.2. The summed E-state index contributed by atoms with van der Waals surface area (Å²) in [5.74, 6) is 0.658. The molecule has 2 amide bonds. The minimum absolute atomic E-state index is 0.0306. The summed E-state index contributed by atoms with van der Waals surface area (Å²) >= 11 is 0. The largest absolute Gasteiger partial charge is 0.362 e. The van der Waals surface area contributed by atoms with E-state index in [-0.39, 0.29) is 17.7 Å². The highest BCUT2D eigenvalue weighted by Crippen LogP contribution is 2.23. The summed E-state index contributed by atoms with van der Waals surface area (Å²) in [6.45, 7) is 1.20. The molecule has 0 spiro atoms. The van der Waals surface area contributed by atoms with Gasteiger partial charge < -0.3 is 15.1 Å². The van der Waals surface area contributed by atoms with E-state index in [1.807, 2.05) is 30.0 Å². The van der Waals surface area contributed by atoms with Gasteiger partial charge in [-0.15, -0.1) is 0 Å². The van der Waals surface area contributed by atoms with E-state index in [1.54, 1.807) is 12.3 Å². The molecule has 0 radical (unpaired) electrons. The number of amides is 2. The van der Waals surface area contributed by atoms with Gasteiger partial charge in [-0.1, -0.05) is 19.3 Å². The van der Waals surface area contributed by atoms with E-state index in [0.717, 1.165) is 25.7 Å². The summed E-state index contributed by atoms with van der Waals surface area (Å²) in [5, 5.41) is 3.22. The van der Waals surface area contributed by atoms with Crippen LogP contribution in [0.4, 0.5) is 5.82 Å². The molecule has 2 aliphatic rings. The van der Waals surface area contributed by atoms with Gasteiger partial charge in [0.25, 0.3) is 5.91 Å². The highest BCUT2D eigenvalue weighted by Gasteiger charge is 2.31. The fourth-order valence-corrected chi connectivity index (χ4v) is 4.03. The fraction of sp³-hybridized carbons (Fsp3) is 0.650.